The highest BCUT2D eigenvalue weighted by Gasteiger charge is 2.19. The van der Waals surface area contributed by atoms with E-state index >= 15 is 0 Å². The molecule has 0 bridgehead atoms. The highest BCUT2D eigenvalue weighted by Crippen LogP contribution is 2.35. The number of carbonyl (C=O) groups is 1. The molecule has 9 heteroatoms. The summed E-state index contributed by atoms with van der Waals surface area (Å²) < 4.78 is 19.0. The number of aryl methyl sites for hydroxylation is 1. The molecule has 1 N–H and O–H groups in total. The smallest absolute Gasteiger partial charge is 0.282 e. The number of nitrogens with one attached hydrogen (secondary N) is 1. The van der Waals surface area contributed by atoms with E-state index in [1.165, 1.54) is 4.68 Å². The average Bonchev–Trinajstić information content (AvgIpc) is 3.08. The van der Waals surface area contributed by atoms with Gasteiger partial charge in [-0.15, -0.1) is 6.58 Å². The number of hydrogen-bond donors (Lipinski definition) is 1. The second-order valence-corrected chi connectivity index (χ2v) is 11.5. The van der Waals surface area contributed by atoms with Crippen molar-refractivity contribution in [2.24, 2.45) is 5.10 Å². The summed E-state index contributed by atoms with van der Waals surface area (Å²) in [7, 11) is 1.65. The predicted octanol–water partition coefficient (Wildman–Crippen LogP) is 7.53. The minimum Gasteiger partial charge on any atom is -0.496 e. The summed E-state index contributed by atoms with van der Waals surface area (Å²) in [6.07, 6.45) is 3.80. The number of ether oxygens (including phenoxy) is 3. The van der Waals surface area contributed by atoms with Gasteiger partial charge in [-0.2, -0.15) is 9.78 Å². The Bertz CT molecular complexity index is 2030. The minimum atomic E-state index is -0.302. The third-order valence-corrected chi connectivity index (χ3v) is 7.74. The Balaban J connectivity index is 1.57. The SMILES string of the molecule is C=CCc1cc(C=Nn2c(-c3cc(C(C)C)c(OC)cc3C)nc3ccccc3c2=O)cc(OCC)c1OCC(=O)Nc1ccccc1. The highest BCUT2D eigenvalue weighted by molar-refractivity contribution is 5.92. The first-order chi connectivity index (χ1) is 23.2. The largest absolute Gasteiger partial charge is 0.496 e. The first kappa shape index (κ1) is 33.7. The summed E-state index contributed by atoms with van der Waals surface area (Å²) in [6.45, 7) is 12.1. The van der Waals surface area contributed by atoms with Gasteiger partial charge < -0.3 is 19.5 Å². The van der Waals surface area contributed by atoms with E-state index < -0.39 is 0 Å². The number of nitrogens with zero attached hydrogens (tertiary/aromatic N) is 3. The van der Waals surface area contributed by atoms with Crippen molar-refractivity contribution in [3.05, 3.63) is 124 Å². The minimum absolute atomic E-state index is 0.175. The summed E-state index contributed by atoms with van der Waals surface area (Å²) >= 11 is 0. The molecular formula is C39H40N4O5. The van der Waals surface area contributed by atoms with Crippen molar-refractivity contribution in [2.45, 2.75) is 40.0 Å². The van der Waals surface area contributed by atoms with E-state index in [0.29, 0.717) is 52.5 Å². The lowest BCUT2D eigenvalue weighted by Crippen LogP contribution is -2.21. The Morgan fingerprint density at radius 1 is 1.02 bits per heavy atom. The van der Waals surface area contributed by atoms with Crippen LogP contribution in [0.1, 0.15) is 48.9 Å². The lowest BCUT2D eigenvalue weighted by molar-refractivity contribution is -0.118. The molecule has 5 rings (SSSR count). The van der Waals surface area contributed by atoms with Gasteiger partial charge in [-0.25, -0.2) is 4.98 Å². The second-order valence-electron chi connectivity index (χ2n) is 11.5. The van der Waals surface area contributed by atoms with Crippen LogP contribution in [-0.4, -0.2) is 42.1 Å². The van der Waals surface area contributed by atoms with Crippen molar-refractivity contribution < 1.29 is 19.0 Å². The lowest BCUT2D eigenvalue weighted by atomic mass is 9.96. The first-order valence-corrected chi connectivity index (χ1v) is 15.9. The van der Waals surface area contributed by atoms with Crippen molar-refractivity contribution >= 4 is 28.7 Å². The number of para-hydroxylation sites is 2. The molecule has 4 aromatic carbocycles. The number of carbonyl (C=O) groups excluding carboxylic acids is 1. The maximum absolute atomic E-state index is 14.0. The molecule has 0 aliphatic rings. The monoisotopic (exact) mass is 644 g/mol. The fourth-order valence-corrected chi connectivity index (χ4v) is 5.44. The van der Waals surface area contributed by atoms with Crippen LogP contribution in [-0.2, 0) is 11.2 Å². The Kier molecular flexibility index (Phi) is 10.7. The average molecular weight is 645 g/mol. The van der Waals surface area contributed by atoms with Crippen molar-refractivity contribution in [3.8, 4) is 28.6 Å². The molecular weight excluding hydrogens is 604 g/mol. The maximum Gasteiger partial charge on any atom is 0.282 e. The van der Waals surface area contributed by atoms with Gasteiger partial charge in [-0.1, -0.05) is 50.3 Å². The van der Waals surface area contributed by atoms with Crippen molar-refractivity contribution in [2.75, 3.05) is 25.6 Å². The Labute approximate surface area is 280 Å². The Morgan fingerprint density at radius 3 is 2.48 bits per heavy atom. The van der Waals surface area contributed by atoms with Crippen LogP contribution >= 0.6 is 0 Å². The molecule has 0 saturated heterocycles. The van der Waals surface area contributed by atoms with Crippen LogP contribution in [0.25, 0.3) is 22.3 Å². The fourth-order valence-electron chi connectivity index (χ4n) is 5.44. The standard InChI is InChI=1S/C39H40N4O5/c1-7-14-28-20-27(21-35(47-8-2)37(28)48-24-36(44)41-29-15-10-9-11-16-29)23-40-43-38(42-33-18-13-12-17-30(33)39(43)45)32-22-31(25(3)4)34(46-6)19-26(32)5/h7,9-13,15-23,25H,1,8,14,24H2,2-6H3,(H,41,44). The number of hydrogen-bond acceptors (Lipinski definition) is 7. The number of amides is 1. The molecule has 0 unspecified atom stereocenters. The van der Waals surface area contributed by atoms with Gasteiger partial charge in [-0.05, 0) is 91.4 Å². The molecule has 1 aromatic heterocycles. The molecule has 0 aliphatic heterocycles. The van der Waals surface area contributed by atoms with Gasteiger partial charge in [-0.3, -0.25) is 9.59 Å². The Hall–Kier alpha value is -5.70. The van der Waals surface area contributed by atoms with Crippen LogP contribution in [0.3, 0.4) is 0 Å². The fraction of sp³-hybridized carbons (Fsp3) is 0.231. The third-order valence-electron chi connectivity index (χ3n) is 7.74. The number of methoxy groups -OCH3 is 1. The van der Waals surface area contributed by atoms with Crippen LogP contribution in [0, 0.1) is 6.92 Å². The summed E-state index contributed by atoms with van der Waals surface area (Å²) in [5.41, 5.74) is 5.05. The van der Waals surface area contributed by atoms with Crippen LogP contribution in [0.5, 0.6) is 17.2 Å². The molecule has 1 heterocycles. The molecule has 48 heavy (non-hydrogen) atoms. The summed E-state index contributed by atoms with van der Waals surface area (Å²) in [5, 5.41) is 8.00. The molecule has 0 atom stereocenters. The van der Waals surface area contributed by atoms with Crippen molar-refractivity contribution in [1.29, 1.82) is 0 Å². The molecule has 0 saturated carbocycles. The van der Waals surface area contributed by atoms with Crippen molar-refractivity contribution in [3.63, 3.8) is 0 Å². The topological polar surface area (TPSA) is 104 Å². The van der Waals surface area contributed by atoms with E-state index in [-0.39, 0.29) is 24.0 Å². The van der Waals surface area contributed by atoms with Gasteiger partial charge in [0.15, 0.2) is 23.9 Å². The molecule has 5 aromatic rings. The van der Waals surface area contributed by atoms with E-state index in [1.807, 2.05) is 80.6 Å². The molecule has 0 spiro atoms. The van der Waals surface area contributed by atoms with Gasteiger partial charge in [0.25, 0.3) is 11.5 Å². The van der Waals surface area contributed by atoms with E-state index in [9.17, 15) is 9.59 Å². The molecule has 246 valence electrons. The zero-order valence-corrected chi connectivity index (χ0v) is 27.9. The molecule has 0 fully saturated rings. The van der Waals surface area contributed by atoms with Crippen LogP contribution in [0.4, 0.5) is 5.69 Å². The summed E-state index contributed by atoms with van der Waals surface area (Å²) in [5.74, 6) is 1.96. The van der Waals surface area contributed by atoms with E-state index in [0.717, 1.165) is 28.0 Å². The number of fused-ring (bicyclic) bond motifs is 1. The number of benzene rings is 4. The van der Waals surface area contributed by atoms with Crippen molar-refractivity contribution in [1.82, 2.24) is 9.66 Å². The number of aromatic nitrogens is 2. The normalized spacial score (nSPS) is 11.2. The highest BCUT2D eigenvalue weighted by atomic mass is 16.5. The van der Waals surface area contributed by atoms with Gasteiger partial charge >= 0.3 is 0 Å². The molecule has 0 radical (unpaired) electrons. The van der Waals surface area contributed by atoms with Crippen LogP contribution in [0.15, 0.2) is 101 Å². The Morgan fingerprint density at radius 2 is 1.77 bits per heavy atom. The van der Waals surface area contributed by atoms with E-state index in [2.05, 4.69) is 25.7 Å². The maximum atomic E-state index is 14.0. The predicted molar refractivity (Wildman–Crippen MR) is 192 cm³/mol. The van der Waals surface area contributed by atoms with E-state index in [4.69, 9.17) is 24.3 Å². The summed E-state index contributed by atoms with van der Waals surface area (Å²) in [6, 6.07) is 24.1. The van der Waals surface area contributed by atoms with Crippen LogP contribution in [0.2, 0.25) is 0 Å². The van der Waals surface area contributed by atoms with Gasteiger partial charge in [0.2, 0.25) is 0 Å². The van der Waals surface area contributed by atoms with E-state index in [1.54, 1.807) is 31.5 Å². The van der Waals surface area contributed by atoms with Gasteiger partial charge in [0, 0.05) is 16.8 Å². The molecule has 0 aliphatic carbocycles. The number of anilines is 1. The quantitative estimate of drug-likeness (QED) is 0.105. The first-order valence-electron chi connectivity index (χ1n) is 15.9. The van der Waals surface area contributed by atoms with Crippen LogP contribution < -0.4 is 25.1 Å². The zero-order valence-electron chi connectivity index (χ0n) is 27.9. The third kappa shape index (κ3) is 7.47. The molecule has 1 amide bonds. The number of rotatable bonds is 13. The second kappa shape index (κ2) is 15.3. The lowest BCUT2D eigenvalue weighted by Gasteiger charge is -2.18. The molecule has 9 nitrogen and oxygen atoms in total. The van der Waals surface area contributed by atoms with Gasteiger partial charge in [0.05, 0.1) is 30.8 Å². The summed E-state index contributed by atoms with van der Waals surface area (Å²) in [4.78, 5) is 31.6. The van der Waals surface area contributed by atoms with Gasteiger partial charge in [0.1, 0.15) is 5.75 Å². The number of allylic oxidation sites excluding steroid dienone is 1. The zero-order chi connectivity index (χ0) is 34.2.